The second kappa shape index (κ2) is 8.48. The zero-order valence-electron chi connectivity index (χ0n) is 11.2. The van der Waals surface area contributed by atoms with Crippen LogP contribution in [-0.2, 0) is 15.5 Å². The first kappa shape index (κ1) is 15.4. The smallest absolute Gasteiger partial charge is 0.407 e. The van der Waals surface area contributed by atoms with Crippen molar-refractivity contribution >= 4 is 16.9 Å². The summed E-state index contributed by atoms with van der Waals surface area (Å²) in [6.07, 6.45) is 3.22. The topological polar surface area (TPSA) is 55.4 Å². The van der Waals surface area contributed by atoms with Crippen LogP contribution >= 0.6 is 0 Å². The minimum absolute atomic E-state index is 0.161. The fourth-order valence-electron chi connectivity index (χ4n) is 1.45. The molecule has 1 aromatic rings. The van der Waals surface area contributed by atoms with Gasteiger partial charge in [-0.25, -0.2) is 4.79 Å². The van der Waals surface area contributed by atoms with Crippen LogP contribution < -0.4 is 5.32 Å². The lowest BCUT2D eigenvalue weighted by molar-refractivity contribution is 0.160. The van der Waals surface area contributed by atoms with Crippen LogP contribution in [0.4, 0.5) is 4.79 Å². The standard InChI is InChI=1S/C14H19NO3S/c1-12(7-6-10-18-14(16)15-2)11-19(17)13-8-4-3-5-9-13/h3-9,12H,10-11H2,1-2H3,(H,15,16)/b7-6-/t12-,19?/m0/s1. The Kier molecular flexibility index (Phi) is 6.89. The maximum absolute atomic E-state index is 12.0. The lowest BCUT2D eigenvalue weighted by Gasteiger charge is -2.06. The van der Waals surface area contributed by atoms with Crippen molar-refractivity contribution in [3.05, 3.63) is 42.5 Å². The summed E-state index contributed by atoms with van der Waals surface area (Å²) in [7, 11) is 0.511. The van der Waals surface area contributed by atoms with Crippen molar-refractivity contribution < 1.29 is 13.7 Å². The number of rotatable bonds is 6. The van der Waals surface area contributed by atoms with Crippen LogP contribution in [0.25, 0.3) is 0 Å². The van der Waals surface area contributed by atoms with E-state index < -0.39 is 16.9 Å². The molecule has 0 aliphatic rings. The molecule has 104 valence electrons. The van der Waals surface area contributed by atoms with Gasteiger partial charge in [0.25, 0.3) is 0 Å². The molecule has 1 aromatic carbocycles. The average molecular weight is 281 g/mol. The monoisotopic (exact) mass is 281 g/mol. The molecule has 0 radical (unpaired) electrons. The van der Waals surface area contributed by atoms with Crippen molar-refractivity contribution in [2.24, 2.45) is 5.92 Å². The van der Waals surface area contributed by atoms with Gasteiger partial charge in [-0.05, 0) is 18.1 Å². The van der Waals surface area contributed by atoms with Gasteiger partial charge < -0.3 is 10.1 Å². The Labute approximate surface area is 116 Å². The van der Waals surface area contributed by atoms with Gasteiger partial charge in [0.2, 0.25) is 0 Å². The van der Waals surface area contributed by atoms with E-state index in [2.05, 4.69) is 5.32 Å². The SMILES string of the molecule is CNC(=O)OC/C=C\[C@H](C)CS(=O)c1ccccc1. The molecule has 0 aromatic heterocycles. The highest BCUT2D eigenvalue weighted by molar-refractivity contribution is 7.85. The minimum Gasteiger partial charge on any atom is -0.445 e. The Morgan fingerprint density at radius 2 is 2.11 bits per heavy atom. The molecular weight excluding hydrogens is 262 g/mol. The van der Waals surface area contributed by atoms with Crippen LogP contribution in [0.2, 0.25) is 0 Å². The first-order valence-corrected chi connectivity index (χ1v) is 7.40. The molecule has 0 heterocycles. The lowest BCUT2D eigenvalue weighted by Crippen LogP contribution is -2.19. The summed E-state index contributed by atoms with van der Waals surface area (Å²) >= 11 is 0. The molecule has 0 saturated carbocycles. The van der Waals surface area contributed by atoms with Crippen molar-refractivity contribution in [3.8, 4) is 0 Å². The molecule has 1 amide bonds. The van der Waals surface area contributed by atoms with E-state index in [0.29, 0.717) is 5.75 Å². The number of ether oxygens (including phenoxy) is 1. The first-order chi connectivity index (χ1) is 9.13. The Morgan fingerprint density at radius 3 is 2.74 bits per heavy atom. The third-order valence-corrected chi connectivity index (χ3v) is 4.03. The molecule has 5 heteroatoms. The first-order valence-electron chi connectivity index (χ1n) is 6.08. The minimum atomic E-state index is -1.00. The number of hydrogen-bond donors (Lipinski definition) is 1. The van der Waals surface area contributed by atoms with E-state index in [4.69, 9.17) is 4.74 Å². The normalized spacial score (nSPS) is 14.0. The fourth-order valence-corrected chi connectivity index (χ4v) is 2.69. The molecule has 0 aliphatic carbocycles. The van der Waals surface area contributed by atoms with Crippen LogP contribution in [-0.4, -0.2) is 29.7 Å². The van der Waals surface area contributed by atoms with Gasteiger partial charge in [-0.15, -0.1) is 0 Å². The van der Waals surface area contributed by atoms with E-state index in [-0.39, 0.29) is 12.5 Å². The van der Waals surface area contributed by atoms with E-state index >= 15 is 0 Å². The maximum atomic E-state index is 12.0. The molecule has 19 heavy (non-hydrogen) atoms. The number of carbonyl (C=O) groups is 1. The van der Waals surface area contributed by atoms with Gasteiger partial charge in [-0.2, -0.15) is 0 Å². The molecule has 1 unspecified atom stereocenters. The van der Waals surface area contributed by atoms with Gasteiger partial charge in [0.15, 0.2) is 0 Å². The summed E-state index contributed by atoms with van der Waals surface area (Å²) in [5, 5.41) is 2.36. The molecule has 4 nitrogen and oxygen atoms in total. The van der Waals surface area contributed by atoms with Crippen LogP contribution in [0.15, 0.2) is 47.4 Å². The summed E-state index contributed by atoms with van der Waals surface area (Å²) in [4.78, 5) is 11.6. The predicted molar refractivity (Wildman–Crippen MR) is 76.4 cm³/mol. The summed E-state index contributed by atoms with van der Waals surface area (Å²) in [6, 6.07) is 9.39. The molecule has 1 rings (SSSR count). The molecule has 0 spiro atoms. The highest BCUT2D eigenvalue weighted by Gasteiger charge is 2.06. The Hall–Kier alpha value is -1.62. The van der Waals surface area contributed by atoms with Gasteiger partial charge in [-0.1, -0.05) is 37.3 Å². The summed E-state index contributed by atoms with van der Waals surface area (Å²) < 4.78 is 16.8. The molecule has 0 bridgehead atoms. The van der Waals surface area contributed by atoms with Gasteiger partial charge in [0.1, 0.15) is 6.61 Å². The quantitative estimate of drug-likeness (QED) is 0.814. The average Bonchev–Trinajstić information content (AvgIpc) is 2.44. The van der Waals surface area contributed by atoms with E-state index in [9.17, 15) is 9.00 Å². The zero-order chi connectivity index (χ0) is 14.1. The second-order valence-electron chi connectivity index (χ2n) is 4.08. The number of alkyl carbamates (subject to hydrolysis) is 1. The molecule has 0 aliphatic heterocycles. The third-order valence-electron chi connectivity index (χ3n) is 2.40. The van der Waals surface area contributed by atoms with Crippen LogP contribution in [0.5, 0.6) is 0 Å². The third kappa shape index (κ3) is 6.20. The van der Waals surface area contributed by atoms with E-state index in [1.54, 1.807) is 6.08 Å². The zero-order valence-corrected chi connectivity index (χ0v) is 12.0. The van der Waals surface area contributed by atoms with E-state index in [0.717, 1.165) is 4.90 Å². The van der Waals surface area contributed by atoms with Gasteiger partial charge in [0.05, 0.1) is 10.8 Å². The number of carbonyl (C=O) groups excluding carboxylic acids is 1. The molecule has 1 N–H and O–H groups in total. The summed E-state index contributed by atoms with van der Waals surface area (Å²) in [5.41, 5.74) is 0. The van der Waals surface area contributed by atoms with Crippen LogP contribution in [0.3, 0.4) is 0 Å². The lowest BCUT2D eigenvalue weighted by atomic mass is 10.2. The number of nitrogens with one attached hydrogen (secondary N) is 1. The van der Waals surface area contributed by atoms with E-state index in [1.165, 1.54) is 7.05 Å². The summed E-state index contributed by atoms with van der Waals surface area (Å²) in [6.45, 7) is 2.21. The largest absolute Gasteiger partial charge is 0.445 e. The van der Waals surface area contributed by atoms with Crippen molar-refractivity contribution in [1.82, 2.24) is 5.32 Å². The highest BCUT2D eigenvalue weighted by Crippen LogP contribution is 2.10. The predicted octanol–water partition coefficient (Wildman–Crippen LogP) is 2.34. The van der Waals surface area contributed by atoms with Crippen molar-refractivity contribution in [3.63, 3.8) is 0 Å². The summed E-state index contributed by atoms with van der Waals surface area (Å²) in [5.74, 6) is 0.717. The molecule has 2 atom stereocenters. The van der Waals surface area contributed by atoms with Crippen molar-refractivity contribution in [2.75, 3.05) is 19.4 Å². The van der Waals surface area contributed by atoms with Gasteiger partial charge in [-0.3, -0.25) is 4.21 Å². The van der Waals surface area contributed by atoms with E-state index in [1.807, 2.05) is 43.3 Å². The number of benzene rings is 1. The molecule has 0 fully saturated rings. The molecular formula is C14H19NO3S. The number of amides is 1. The van der Waals surface area contributed by atoms with Crippen LogP contribution in [0, 0.1) is 5.92 Å². The second-order valence-corrected chi connectivity index (χ2v) is 5.57. The van der Waals surface area contributed by atoms with Crippen molar-refractivity contribution in [1.29, 1.82) is 0 Å². The maximum Gasteiger partial charge on any atom is 0.407 e. The number of allylic oxidation sites excluding steroid dienone is 1. The molecule has 0 saturated heterocycles. The highest BCUT2D eigenvalue weighted by atomic mass is 32.2. The van der Waals surface area contributed by atoms with Gasteiger partial charge >= 0.3 is 6.09 Å². The van der Waals surface area contributed by atoms with Gasteiger partial charge in [0, 0.05) is 17.7 Å². The van der Waals surface area contributed by atoms with Crippen LogP contribution in [0.1, 0.15) is 6.92 Å². The Morgan fingerprint density at radius 1 is 1.42 bits per heavy atom. The number of hydrogen-bond acceptors (Lipinski definition) is 3. The van der Waals surface area contributed by atoms with Crippen molar-refractivity contribution in [2.45, 2.75) is 11.8 Å². The Bertz CT molecular complexity index is 445. The Balaban J connectivity index is 2.35. The fraction of sp³-hybridized carbons (Fsp3) is 0.357.